The van der Waals surface area contributed by atoms with Crippen LogP contribution in [0.15, 0.2) is 30.0 Å². The van der Waals surface area contributed by atoms with Crippen molar-refractivity contribution in [1.82, 2.24) is 0 Å². The van der Waals surface area contributed by atoms with E-state index in [2.05, 4.69) is 14.8 Å². The molecule has 23 heavy (non-hydrogen) atoms. The number of carbonyl (C=O) groups excluding carboxylic acids is 2. The van der Waals surface area contributed by atoms with Gasteiger partial charge in [-0.2, -0.15) is 0 Å². The van der Waals surface area contributed by atoms with Gasteiger partial charge in [0.1, 0.15) is 5.70 Å². The first-order valence-corrected chi connectivity index (χ1v) is 6.47. The van der Waals surface area contributed by atoms with Gasteiger partial charge >= 0.3 is 11.9 Å². The molecule has 0 spiro atoms. The number of hydrogen-bond donors (Lipinski definition) is 1. The first-order valence-electron chi connectivity index (χ1n) is 6.47. The summed E-state index contributed by atoms with van der Waals surface area (Å²) in [6, 6.07) is 4.40. The fourth-order valence-corrected chi connectivity index (χ4v) is 1.76. The van der Waals surface area contributed by atoms with Gasteiger partial charge in [0.05, 0.1) is 26.0 Å². The molecule has 0 amide bonds. The Morgan fingerprint density at radius 3 is 2.30 bits per heavy atom. The lowest BCUT2D eigenvalue weighted by molar-refractivity contribution is -0.138. The van der Waals surface area contributed by atoms with Gasteiger partial charge in [-0.1, -0.05) is 12.1 Å². The van der Waals surface area contributed by atoms with Crippen LogP contribution in [0.4, 0.5) is 10.1 Å². The lowest BCUT2D eigenvalue weighted by Crippen LogP contribution is -2.17. The molecule has 0 fully saturated rings. The van der Waals surface area contributed by atoms with Gasteiger partial charge in [-0.15, -0.1) is 0 Å². The summed E-state index contributed by atoms with van der Waals surface area (Å²) in [6.07, 6.45) is -0.0508. The Labute approximate surface area is 133 Å². The molecule has 0 bridgehead atoms. The summed E-state index contributed by atoms with van der Waals surface area (Å²) in [5.41, 5.74) is -0.203. The number of methoxy groups -OCH3 is 4. The molecule has 1 N–H and O–H groups in total. The van der Waals surface area contributed by atoms with E-state index in [9.17, 15) is 14.0 Å². The number of rotatable bonds is 7. The standard InChI is InChI=1S/C15H18FNO6/c1-20-12(18)8-11(14(19)21-2)17-10-7-5-6-9(13(10)16)15(22-3)23-4/h5-8,15,17H,1-4H3/b11-8+. The van der Waals surface area contributed by atoms with Gasteiger partial charge in [0.25, 0.3) is 0 Å². The van der Waals surface area contributed by atoms with Crippen LogP contribution in [-0.2, 0) is 28.5 Å². The zero-order chi connectivity index (χ0) is 17.4. The summed E-state index contributed by atoms with van der Waals surface area (Å²) >= 11 is 0. The van der Waals surface area contributed by atoms with Gasteiger partial charge in [0.15, 0.2) is 12.1 Å². The van der Waals surface area contributed by atoms with Crippen molar-refractivity contribution < 1.29 is 32.9 Å². The summed E-state index contributed by atoms with van der Waals surface area (Å²) in [6.45, 7) is 0. The van der Waals surface area contributed by atoms with Crippen molar-refractivity contribution in [1.29, 1.82) is 0 Å². The monoisotopic (exact) mass is 327 g/mol. The highest BCUT2D eigenvalue weighted by molar-refractivity contribution is 5.98. The maximum atomic E-state index is 14.5. The zero-order valence-electron chi connectivity index (χ0n) is 13.2. The van der Waals surface area contributed by atoms with Crippen LogP contribution < -0.4 is 5.32 Å². The van der Waals surface area contributed by atoms with E-state index in [1.165, 1.54) is 26.4 Å². The average Bonchev–Trinajstić information content (AvgIpc) is 2.57. The van der Waals surface area contributed by atoms with E-state index in [1.807, 2.05) is 0 Å². The molecule has 0 unspecified atom stereocenters. The van der Waals surface area contributed by atoms with E-state index < -0.39 is 24.0 Å². The minimum Gasteiger partial charge on any atom is -0.466 e. The summed E-state index contributed by atoms with van der Waals surface area (Å²) in [5, 5.41) is 2.51. The summed E-state index contributed by atoms with van der Waals surface area (Å²) in [4.78, 5) is 23.0. The van der Waals surface area contributed by atoms with Gasteiger partial charge in [0, 0.05) is 19.8 Å². The highest BCUT2D eigenvalue weighted by Crippen LogP contribution is 2.26. The average molecular weight is 327 g/mol. The van der Waals surface area contributed by atoms with Crippen LogP contribution in [-0.4, -0.2) is 40.4 Å². The molecule has 0 aliphatic carbocycles. The van der Waals surface area contributed by atoms with Crippen LogP contribution in [0.25, 0.3) is 0 Å². The fourth-order valence-electron chi connectivity index (χ4n) is 1.76. The first kappa shape index (κ1) is 18.6. The summed E-state index contributed by atoms with van der Waals surface area (Å²) in [5.74, 6) is -2.34. The molecule has 0 atom stereocenters. The molecule has 1 rings (SSSR count). The number of anilines is 1. The van der Waals surface area contributed by atoms with Crippen molar-refractivity contribution in [2.75, 3.05) is 33.8 Å². The smallest absolute Gasteiger partial charge is 0.354 e. The first-order chi connectivity index (χ1) is 11.0. The number of ether oxygens (including phenoxy) is 4. The third-order valence-electron chi connectivity index (χ3n) is 2.85. The number of halogens is 1. The molecule has 0 heterocycles. The second-order valence-corrected chi connectivity index (χ2v) is 4.21. The molecule has 8 heteroatoms. The molecule has 1 aromatic rings. The van der Waals surface area contributed by atoms with Gasteiger partial charge in [-0.25, -0.2) is 14.0 Å². The molecule has 0 radical (unpaired) electrons. The van der Waals surface area contributed by atoms with Crippen LogP contribution in [0.1, 0.15) is 11.9 Å². The summed E-state index contributed by atoms with van der Waals surface area (Å²) in [7, 11) is 5.01. The van der Waals surface area contributed by atoms with Crippen molar-refractivity contribution in [3.8, 4) is 0 Å². The SMILES string of the molecule is COC(=O)/C=C(/Nc1cccc(C(OC)OC)c1F)C(=O)OC. The van der Waals surface area contributed by atoms with Crippen molar-refractivity contribution >= 4 is 17.6 Å². The second-order valence-electron chi connectivity index (χ2n) is 4.21. The van der Waals surface area contributed by atoms with Gasteiger partial charge in [0.2, 0.25) is 0 Å². The third kappa shape index (κ3) is 4.76. The minimum absolute atomic E-state index is 0.0536. The molecule has 7 nitrogen and oxygen atoms in total. The molecule has 0 aromatic heterocycles. The molecular formula is C15H18FNO6. The van der Waals surface area contributed by atoms with Crippen molar-refractivity contribution in [3.63, 3.8) is 0 Å². The lowest BCUT2D eigenvalue weighted by Gasteiger charge is -2.17. The predicted molar refractivity (Wildman–Crippen MR) is 78.9 cm³/mol. The topological polar surface area (TPSA) is 83.1 Å². The number of esters is 2. The Morgan fingerprint density at radius 2 is 1.78 bits per heavy atom. The number of hydrogen-bond acceptors (Lipinski definition) is 7. The molecule has 126 valence electrons. The van der Waals surface area contributed by atoms with E-state index >= 15 is 0 Å². The highest BCUT2D eigenvalue weighted by Gasteiger charge is 2.20. The van der Waals surface area contributed by atoms with Crippen LogP contribution >= 0.6 is 0 Å². The van der Waals surface area contributed by atoms with E-state index in [0.717, 1.165) is 20.3 Å². The Morgan fingerprint density at radius 1 is 1.13 bits per heavy atom. The normalized spacial score (nSPS) is 11.3. The maximum absolute atomic E-state index is 14.5. The lowest BCUT2D eigenvalue weighted by atomic mass is 10.1. The van der Waals surface area contributed by atoms with Crippen LogP contribution in [0.3, 0.4) is 0 Å². The Bertz CT molecular complexity index is 598. The molecule has 0 saturated carbocycles. The van der Waals surface area contributed by atoms with Crippen LogP contribution in [0.2, 0.25) is 0 Å². The third-order valence-corrected chi connectivity index (χ3v) is 2.85. The van der Waals surface area contributed by atoms with E-state index in [4.69, 9.17) is 9.47 Å². The van der Waals surface area contributed by atoms with Crippen LogP contribution in [0.5, 0.6) is 0 Å². The van der Waals surface area contributed by atoms with Crippen LogP contribution in [0, 0.1) is 5.82 Å². The van der Waals surface area contributed by atoms with Crippen molar-refractivity contribution in [3.05, 3.63) is 41.4 Å². The van der Waals surface area contributed by atoms with Gasteiger partial charge in [-0.05, 0) is 6.07 Å². The number of nitrogens with one attached hydrogen (secondary N) is 1. The molecule has 0 aliphatic heterocycles. The number of carbonyl (C=O) groups is 2. The molecular weight excluding hydrogens is 309 g/mol. The van der Waals surface area contributed by atoms with E-state index in [0.29, 0.717) is 0 Å². The fraction of sp³-hybridized carbons (Fsp3) is 0.333. The Kier molecular flexibility index (Phi) is 7.17. The zero-order valence-corrected chi connectivity index (χ0v) is 13.2. The van der Waals surface area contributed by atoms with Crippen molar-refractivity contribution in [2.24, 2.45) is 0 Å². The Hall–Kier alpha value is -2.45. The number of benzene rings is 1. The predicted octanol–water partition coefficient (Wildman–Crippen LogP) is 1.76. The maximum Gasteiger partial charge on any atom is 0.354 e. The Balaban J connectivity index is 3.19. The summed E-state index contributed by atoms with van der Waals surface area (Å²) < 4.78 is 33.5. The second kappa shape index (κ2) is 8.86. The quantitative estimate of drug-likeness (QED) is 0.464. The highest BCUT2D eigenvalue weighted by atomic mass is 19.1. The largest absolute Gasteiger partial charge is 0.466 e. The van der Waals surface area contributed by atoms with E-state index in [1.54, 1.807) is 6.07 Å². The molecule has 1 aromatic carbocycles. The molecule has 0 aliphatic rings. The van der Waals surface area contributed by atoms with Gasteiger partial charge < -0.3 is 24.3 Å². The minimum atomic E-state index is -0.914. The van der Waals surface area contributed by atoms with Crippen molar-refractivity contribution in [2.45, 2.75) is 6.29 Å². The van der Waals surface area contributed by atoms with E-state index in [-0.39, 0.29) is 16.9 Å². The van der Waals surface area contributed by atoms with Gasteiger partial charge in [-0.3, -0.25) is 0 Å². The molecule has 0 saturated heterocycles.